The summed E-state index contributed by atoms with van der Waals surface area (Å²) < 4.78 is 0. The molecular formula is C12H10O3S. The number of aliphatic hydroxyl groups excluding tert-OH is 1. The molecule has 16 heavy (non-hydrogen) atoms. The van der Waals surface area contributed by atoms with Crippen molar-refractivity contribution in [2.45, 2.75) is 6.61 Å². The zero-order valence-corrected chi connectivity index (χ0v) is 9.20. The SMILES string of the molecule is O=C(O)c1csc(-c2cccc(CO)c2)c1. The van der Waals surface area contributed by atoms with Gasteiger partial charge in [0.1, 0.15) is 0 Å². The van der Waals surface area contributed by atoms with Crippen molar-refractivity contribution in [3.05, 3.63) is 46.8 Å². The average molecular weight is 234 g/mol. The van der Waals surface area contributed by atoms with Gasteiger partial charge in [-0.25, -0.2) is 4.79 Å². The molecule has 0 unspecified atom stereocenters. The summed E-state index contributed by atoms with van der Waals surface area (Å²) in [7, 11) is 0. The molecule has 0 saturated heterocycles. The molecule has 0 fully saturated rings. The Labute approximate surface area is 96.6 Å². The minimum absolute atomic E-state index is 0.00893. The van der Waals surface area contributed by atoms with E-state index < -0.39 is 5.97 Å². The van der Waals surface area contributed by atoms with Crippen molar-refractivity contribution in [3.8, 4) is 10.4 Å². The van der Waals surface area contributed by atoms with Crippen molar-refractivity contribution in [2.24, 2.45) is 0 Å². The fourth-order valence-corrected chi connectivity index (χ4v) is 2.30. The number of rotatable bonds is 3. The van der Waals surface area contributed by atoms with Gasteiger partial charge in [-0.2, -0.15) is 0 Å². The Bertz CT molecular complexity index is 516. The van der Waals surface area contributed by atoms with Gasteiger partial charge < -0.3 is 10.2 Å². The largest absolute Gasteiger partial charge is 0.478 e. The van der Waals surface area contributed by atoms with Crippen LogP contribution < -0.4 is 0 Å². The van der Waals surface area contributed by atoms with Gasteiger partial charge in [-0.3, -0.25) is 0 Å². The Hall–Kier alpha value is -1.65. The topological polar surface area (TPSA) is 57.5 Å². The van der Waals surface area contributed by atoms with Gasteiger partial charge in [-0.1, -0.05) is 18.2 Å². The zero-order chi connectivity index (χ0) is 11.5. The lowest BCUT2D eigenvalue weighted by Gasteiger charge is -1.99. The third kappa shape index (κ3) is 2.13. The van der Waals surface area contributed by atoms with Gasteiger partial charge in [0, 0.05) is 10.3 Å². The number of benzene rings is 1. The number of hydrogen-bond acceptors (Lipinski definition) is 3. The van der Waals surface area contributed by atoms with Gasteiger partial charge in [-0.05, 0) is 23.3 Å². The van der Waals surface area contributed by atoms with E-state index in [9.17, 15) is 4.79 Å². The Morgan fingerprint density at radius 1 is 1.31 bits per heavy atom. The van der Waals surface area contributed by atoms with Crippen LogP contribution in [-0.4, -0.2) is 16.2 Å². The van der Waals surface area contributed by atoms with E-state index in [0.717, 1.165) is 16.0 Å². The van der Waals surface area contributed by atoms with E-state index in [0.29, 0.717) is 5.56 Å². The summed E-state index contributed by atoms with van der Waals surface area (Å²) in [5, 5.41) is 19.4. The van der Waals surface area contributed by atoms with E-state index in [1.165, 1.54) is 11.3 Å². The molecule has 0 aliphatic rings. The number of hydrogen-bond donors (Lipinski definition) is 2. The lowest BCUT2D eigenvalue weighted by Crippen LogP contribution is -1.91. The van der Waals surface area contributed by atoms with Crippen LogP contribution in [0.4, 0.5) is 0 Å². The summed E-state index contributed by atoms with van der Waals surface area (Å²) >= 11 is 1.39. The van der Waals surface area contributed by atoms with Crippen molar-refractivity contribution in [2.75, 3.05) is 0 Å². The molecule has 4 heteroatoms. The second-order valence-electron chi connectivity index (χ2n) is 3.36. The third-order valence-electron chi connectivity index (χ3n) is 2.24. The van der Waals surface area contributed by atoms with E-state index in [2.05, 4.69) is 0 Å². The molecule has 2 aromatic rings. The van der Waals surface area contributed by atoms with Crippen LogP contribution in [0.5, 0.6) is 0 Å². The first-order chi connectivity index (χ1) is 7.70. The second-order valence-corrected chi connectivity index (χ2v) is 4.27. The van der Waals surface area contributed by atoms with Crippen LogP contribution in [-0.2, 0) is 6.61 Å². The summed E-state index contributed by atoms with van der Waals surface area (Å²) in [5.74, 6) is -0.916. The minimum Gasteiger partial charge on any atom is -0.478 e. The first kappa shape index (κ1) is 10.9. The van der Waals surface area contributed by atoms with Gasteiger partial charge in [0.05, 0.1) is 12.2 Å². The van der Waals surface area contributed by atoms with E-state index >= 15 is 0 Å². The molecule has 2 rings (SSSR count). The average Bonchev–Trinajstić information content (AvgIpc) is 2.78. The highest BCUT2D eigenvalue weighted by Crippen LogP contribution is 2.27. The molecule has 2 N–H and O–H groups in total. The summed E-state index contributed by atoms with van der Waals surface area (Å²) in [5.41, 5.74) is 2.06. The fraction of sp³-hybridized carbons (Fsp3) is 0.0833. The third-order valence-corrected chi connectivity index (χ3v) is 3.22. The van der Waals surface area contributed by atoms with Crippen molar-refractivity contribution >= 4 is 17.3 Å². The maximum Gasteiger partial charge on any atom is 0.336 e. The minimum atomic E-state index is -0.916. The van der Waals surface area contributed by atoms with E-state index in [1.807, 2.05) is 24.3 Å². The van der Waals surface area contributed by atoms with Crippen molar-refractivity contribution in [3.63, 3.8) is 0 Å². The molecule has 0 amide bonds. The fourth-order valence-electron chi connectivity index (χ4n) is 1.42. The summed E-state index contributed by atoms with van der Waals surface area (Å²) in [4.78, 5) is 11.6. The summed E-state index contributed by atoms with van der Waals surface area (Å²) in [6.45, 7) is -0.00893. The smallest absolute Gasteiger partial charge is 0.336 e. The van der Waals surface area contributed by atoms with E-state index in [-0.39, 0.29) is 6.61 Å². The molecule has 0 radical (unpaired) electrons. The molecule has 0 bridgehead atoms. The summed E-state index contributed by atoms with van der Waals surface area (Å²) in [6, 6.07) is 9.08. The highest BCUT2D eigenvalue weighted by Gasteiger charge is 2.08. The molecule has 1 aromatic carbocycles. The molecule has 82 valence electrons. The lowest BCUT2D eigenvalue weighted by molar-refractivity contribution is 0.0697. The zero-order valence-electron chi connectivity index (χ0n) is 8.38. The van der Waals surface area contributed by atoms with Crippen LogP contribution in [0.3, 0.4) is 0 Å². The highest BCUT2D eigenvalue weighted by molar-refractivity contribution is 7.13. The van der Waals surface area contributed by atoms with Gasteiger partial charge in [0.25, 0.3) is 0 Å². The molecule has 0 saturated carbocycles. The van der Waals surface area contributed by atoms with Crippen LogP contribution in [0, 0.1) is 0 Å². The van der Waals surface area contributed by atoms with Crippen molar-refractivity contribution in [1.29, 1.82) is 0 Å². The molecule has 0 atom stereocenters. The Balaban J connectivity index is 2.38. The van der Waals surface area contributed by atoms with Gasteiger partial charge in [0.2, 0.25) is 0 Å². The predicted molar refractivity (Wildman–Crippen MR) is 62.6 cm³/mol. The maximum atomic E-state index is 10.7. The van der Waals surface area contributed by atoms with Crippen LogP contribution in [0.1, 0.15) is 15.9 Å². The number of carboxylic acid groups (broad SMARTS) is 1. The lowest BCUT2D eigenvalue weighted by atomic mass is 10.1. The highest BCUT2D eigenvalue weighted by atomic mass is 32.1. The standard InChI is InChI=1S/C12H10O3S/c13-6-8-2-1-3-9(4-8)11-5-10(7-16-11)12(14)15/h1-5,7,13H,6H2,(H,14,15). The number of carboxylic acids is 1. The van der Waals surface area contributed by atoms with E-state index in [4.69, 9.17) is 10.2 Å². The normalized spacial score (nSPS) is 10.3. The molecular weight excluding hydrogens is 224 g/mol. The van der Waals surface area contributed by atoms with Crippen LogP contribution >= 0.6 is 11.3 Å². The van der Waals surface area contributed by atoms with Crippen LogP contribution in [0.25, 0.3) is 10.4 Å². The van der Waals surface area contributed by atoms with Crippen LogP contribution in [0.15, 0.2) is 35.7 Å². The number of aromatic carboxylic acids is 1. The maximum absolute atomic E-state index is 10.7. The van der Waals surface area contributed by atoms with Crippen molar-refractivity contribution < 1.29 is 15.0 Å². The quantitative estimate of drug-likeness (QED) is 0.858. The molecule has 1 aromatic heterocycles. The summed E-state index contributed by atoms with van der Waals surface area (Å²) in [6.07, 6.45) is 0. The predicted octanol–water partition coefficient (Wildman–Crippen LogP) is 2.61. The Kier molecular flexibility index (Phi) is 3.03. The molecule has 1 heterocycles. The molecule has 0 aliphatic heterocycles. The van der Waals surface area contributed by atoms with Gasteiger partial charge >= 0.3 is 5.97 Å². The molecule has 0 spiro atoms. The first-order valence-corrected chi connectivity index (χ1v) is 5.60. The van der Waals surface area contributed by atoms with Crippen molar-refractivity contribution in [1.82, 2.24) is 0 Å². The monoisotopic (exact) mass is 234 g/mol. The number of carbonyl (C=O) groups is 1. The van der Waals surface area contributed by atoms with E-state index in [1.54, 1.807) is 11.4 Å². The second kappa shape index (κ2) is 4.47. The Morgan fingerprint density at radius 2 is 2.12 bits per heavy atom. The molecule has 3 nitrogen and oxygen atoms in total. The first-order valence-electron chi connectivity index (χ1n) is 4.72. The number of thiophene rings is 1. The van der Waals surface area contributed by atoms with Gasteiger partial charge in [-0.15, -0.1) is 11.3 Å². The van der Waals surface area contributed by atoms with Gasteiger partial charge in [0.15, 0.2) is 0 Å². The Morgan fingerprint density at radius 3 is 2.75 bits per heavy atom. The number of aliphatic hydroxyl groups is 1. The van der Waals surface area contributed by atoms with Crippen LogP contribution in [0.2, 0.25) is 0 Å². The molecule has 0 aliphatic carbocycles.